The van der Waals surface area contributed by atoms with Gasteiger partial charge in [0, 0.05) is 13.1 Å². The van der Waals surface area contributed by atoms with Crippen LogP contribution in [0, 0.1) is 13.8 Å². The van der Waals surface area contributed by atoms with Crippen LogP contribution in [0.4, 0.5) is 0 Å². The third-order valence-electron chi connectivity index (χ3n) is 5.87. The highest BCUT2D eigenvalue weighted by Gasteiger charge is 2.17. The highest BCUT2D eigenvalue weighted by molar-refractivity contribution is 7.99. The van der Waals surface area contributed by atoms with Crippen LogP contribution in [0.25, 0.3) is 11.0 Å². The van der Waals surface area contributed by atoms with Crippen molar-refractivity contribution in [2.75, 3.05) is 6.26 Å². The summed E-state index contributed by atoms with van der Waals surface area (Å²) in [5.74, 6) is 2.79. The first kappa shape index (κ1) is 25.3. The molecular weight excluding hydrogens is 474 g/mol. The van der Waals surface area contributed by atoms with Gasteiger partial charge in [-0.1, -0.05) is 18.2 Å². The molecule has 4 aromatic rings. The molecule has 0 radical (unpaired) electrons. The van der Waals surface area contributed by atoms with Crippen LogP contribution < -0.4 is 14.8 Å². The van der Waals surface area contributed by atoms with Crippen LogP contribution in [0.2, 0.25) is 0 Å². The highest BCUT2D eigenvalue weighted by atomic mass is 32.2. The monoisotopic (exact) mass is 503 g/mol. The molecule has 0 aliphatic rings. The van der Waals surface area contributed by atoms with E-state index in [2.05, 4.69) is 25.2 Å². The molecule has 0 aliphatic carbocycles. The van der Waals surface area contributed by atoms with Crippen LogP contribution in [0.3, 0.4) is 0 Å². The number of aryl methyl sites for hydroxylation is 3. The Hall–Kier alpha value is -3.78. The van der Waals surface area contributed by atoms with Gasteiger partial charge in [-0.2, -0.15) is 11.8 Å². The van der Waals surface area contributed by atoms with E-state index >= 15 is 0 Å². The summed E-state index contributed by atoms with van der Waals surface area (Å²) in [5, 5.41) is 1.89. The van der Waals surface area contributed by atoms with Crippen LogP contribution in [0.5, 0.6) is 17.2 Å². The summed E-state index contributed by atoms with van der Waals surface area (Å²) in [6.45, 7) is 4.42. The number of nitrogens with zero attached hydrogens (tertiary/aromatic N) is 2. The molecule has 0 bridgehead atoms. The number of nitrogens with one attached hydrogen (secondary N) is 1. The quantitative estimate of drug-likeness (QED) is 0.303. The maximum Gasteiger partial charge on any atom is 0.239 e. The van der Waals surface area contributed by atoms with E-state index in [1.165, 1.54) is 11.8 Å². The minimum absolute atomic E-state index is 0.290. The molecule has 8 heteroatoms. The molecule has 0 fully saturated rings. The van der Waals surface area contributed by atoms with Gasteiger partial charge in [-0.05, 0) is 79.6 Å². The number of amides is 2. The number of fused-ring (bicyclic) bond motifs is 1. The van der Waals surface area contributed by atoms with Crippen molar-refractivity contribution in [3.63, 3.8) is 0 Å². The smallest absolute Gasteiger partial charge is 0.239 e. The molecule has 2 amide bonds. The van der Waals surface area contributed by atoms with E-state index in [0.717, 1.165) is 45.0 Å². The Balaban J connectivity index is 1.42. The zero-order chi connectivity index (χ0) is 25.7. The largest absolute Gasteiger partial charge is 0.486 e. The Morgan fingerprint density at radius 1 is 1.03 bits per heavy atom. The number of hydrogen-bond donors (Lipinski definition) is 1. The Labute approximate surface area is 214 Å². The number of hydrogen-bond acceptors (Lipinski definition) is 6. The van der Waals surface area contributed by atoms with E-state index in [0.29, 0.717) is 25.2 Å². The molecule has 1 N–H and O–H groups in total. The van der Waals surface area contributed by atoms with Crippen LogP contribution in [0.15, 0.2) is 60.7 Å². The van der Waals surface area contributed by atoms with Crippen LogP contribution >= 0.6 is 11.8 Å². The first-order valence-corrected chi connectivity index (χ1v) is 12.8. The number of aromatic nitrogens is 2. The summed E-state index contributed by atoms with van der Waals surface area (Å²) in [6, 6.07) is 19.6. The molecule has 7 nitrogen and oxygen atoms in total. The molecule has 36 heavy (non-hydrogen) atoms. The minimum Gasteiger partial charge on any atom is -0.486 e. The average Bonchev–Trinajstić information content (AvgIpc) is 3.16. The summed E-state index contributed by atoms with van der Waals surface area (Å²) < 4.78 is 14.1. The number of thioether (sulfide) groups is 1. The van der Waals surface area contributed by atoms with Crippen molar-refractivity contribution in [3.8, 4) is 17.2 Å². The van der Waals surface area contributed by atoms with Gasteiger partial charge in [0.15, 0.2) is 0 Å². The van der Waals surface area contributed by atoms with E-state index in [1.807, 2.05) is 72.5 Å². The molecular formula is C28H29N3O4S. The van der Waals surface area contributed by atoms with E-state index in [9.17, 15) is 9.59 Å². The Morgan fingerprint density at radius 2 is 1.72 bits per heavy atom. The van der Waals surface area contributed by atoms with Gasteiger partial charge in [0.1, 0.15) is 29.7 Å². The van der Waals surface area contributed by atoms with E-state index in [-0.39, 0.29) is 11.2 Å². The molecule has 0 saturated heterocycles. The summed E-state index contributed by atoms with van der Waals surface area (Å²) >= 11 is 1.41. The van der Waals surface area contributed by atoms with Crippen molar-refractivity contribution in [2.45, 2.75) is 32.1 Å². The normalized spacial score (nSPS) is 11.8. The van der Waals surface area contributed by atoms with E-state index in [1.54, 1.807) is 0 Å². The molecule has 1 atom stereocenters. The predicted molar refractivity (Wildman–Crippen MR) is 143 cm³/mol. The van der Waals surface area contributed by atoms with Gasteiger partial charge < -0.3 is 14.0 Å². The van der Waals surface area contributed by atoms with Gasteiger partial charge >= 0.3 is 0 Å². The number of benzene rings is 3. The van der Waals surface area contributed by atoms with Crippen molar-refractivity contribution < 1.29 is 19.1 Å². The van der Waals surface area contributed by atoms with Gasteiger partial charge in [0.25, 0.3) is 0 Å². The first-order chi connectivity index (χ1) is 17.4. The fourth-order valence-corrected chi connectivity index (χ4v) is 4.70. The molecule has 0 aliphatic heterocycles. The summed E-state index contributed by atoms with van der Waals surface area (Å²) in [6.07, 6.45) is 2.79. The number of ether oxygens (including phenoxy) is 2. The number of carbonyl (C=O) groups excluding carboxylic acids is 2. The molecule has 3 aromatic carbocycles. The standard InChI is InChI=1S/C28H29N3O4S/c1-18-11-19(2)13-23(12-18)35-22-9-10-24-25(15-22)31(3)27(30-24)16-34-21-7-5-20(6-8-21)14-26(36-4)28(33)29-17-32/h5-13,15,17,26H,14,16H2,1-4H3,(H,29,32,33). The third kappa shape index (κ3) is 6.07. The minimum atomic E-state index is -0.328. The molecule has 1 unspecified atom stereocenters. The second-order valence-electron chi connectivity index (χ2n) is 8.65. The highest BCUT2D eigenvalue weighted by Crippen LogP contribution is 2.28. The lowest BCUT2D eigenvalue weighted by molar-refractivity contribution is -0.124. The van der Waals surface area contributed by atoms with E-state index in [4.69, 9.17) is 14.5 Å². The topological polar surface area (TPSA) is 82.4 Å². The second-order valence-corrected chi connectivity index (χ2v) is 9.69. The first-order valence-electron chi connectivity index (χ1n) is 11.6. The van der Waals surface area contributed by atoms with Crippen LogP contribution in [-0.4, -0.2) is 33.4 Å². The molecule has 1 aromatic heterocycles. The molecule has 1 heterocycles. The van der Waals surface area contributed by atoms with Crippen molar-refractivity contribution in [1.82, 2.24) is 14.9 Å². The number of imidazole rings is 1. The summed E-state index contributed by atoms with van der Waals surface area (Å²) in [7, 11) is 1.96. The second kappa shape index (κ2) is 11.3. The Kier molecular flexibility index (Phi) is 7.95. The summed E-state index contributed by atoms with van der Waals surface area (Å²) in [4.78, 5) is 27.2. The van der Waals surface area contributed by atoms with E-state index < -0.39 is 0 Å². The molecule has 0 spiro atoms. The van der Waals surface area contributed by atoms with Crippen LogP contribution in [-0.2, 0) is 29.7 Å². The lowest BCUT2D eigenvalue weighted by Gasteiger charge is -2.13. The lowest BCUT2D eigenvalue weighted by Crippen LogP contribution is -2.32. The van der Waals surface area contributed by atoms with Gasteiger partial charge in [0.2, 0.25) is 12.3 Å². The summed E-state index contributed by atoms with van der Waals surface area (Å²) in [5.41, 5.74) is 5.14. The van der Waals surface area contributed by atoms with Crippen LogP contribution in [0.1, 0.15) is 22.5 Å². The number of rotatable bonds is 10. The third-order valence-corrected chi connectivity index (χ3v) is 6.82. The van der Waals surface area contributed by atoms with Crippen molar-refractivity contribution in [2.24, 2.45) is 7.05 Å². The number of imide groups is 1. The van der Waals surface area contributed by atoms with Crippen molar-refractivity contribution in [3.05, 3.63) is 83.2 Å². The zero-order valence-corrected chi connectivity index (χ0v) is 21.6. The Morgan fingerprint density at radius 3 is 2.39 bits per heavy atom. The fourth-order valence-electron chi connectivity index (χ4n) is 4.06. The van der Waals surface area contributed by atoms with Gasteiger partial charge in [-0.25, -0.2) is 4.98 Å². The van der Waals surface area contributed by atoms with Gasteiger partial charge in [-0.3, -0.25) is 14.9 Å². The maximum atomic E-state index is 11.9. The molecule has 0 saturated carbocycles. The lowest BCUT2D eigenvalue weighted by atomic mass is 10.1. The maximum absolute atomic E-state index is 11.9. The van der Waals surface area contributed by atoms with Crippen molar-refractivity contribution >= 4 is 35.1 Å². The molecule has 4 rings (SSSR count). The zero-order valence-electron chi connectivity index (χ0n) is 20.8. The number of carbonyl (C=O) groups is 2. The van der Waals surface area contributed by atoms with Gasteiger partial charge in [0.05, 0.1) is 16.3 Å². The fraction of sp³-hybridized carbons (Fsp3) is 0.250. The SMILES string of the molecule is CSC(Cc1ccc(OCc2nc3ccc(Oc4cc(C)cc(C)c4)cc3n2C)cc1)C(=O)NC=O. The van der Waals surface area contributed by atoms with Crippen molar-refractivity contribution in [1.29, 1.82) is 0 Å². The average molecular weight is 504 g/mol. The Bertz CT molecular complexity index is 1360. The van der Waals surface area contributed by atoms with Gasteiger partial charge in [-0.15, -0.1) is 0 Å². The predicted octanol–water partition coefficient (Wildman–Crippen LogP) is 5.11. The molecule has 186 valence electrons.